The van der Waals surface area contributed by atoms with Gasteiger partial charge in [-0.3, -0.25) is 0 Å². The number of rotatable bonds is 6. The number of H-pyrrole nitrogens is 1. The van der Waals surface area contributed by atoms with Gasteiger partial charge in [-0.05, 0) is 54.2 Å². The van der Waals surface area contributed by atoms with Crippen molar-refractivity contribution >= 4 is 18.4 Å². The molecular weight excluding hydrogens is 368 g/mol. The number of phenols is 1. The summed E-state index contributed by atoms with van der Waals surface area (Å²) in [5.41, 5.74) is 1.48. The molecule has 8 nitrogen and oxygen atoms in total. The van der Waals surface area contributed by atoms with Crippen molar-refractivity contribution in [1.82, 2.24) is 14.9 Å². The molecule has 0 atom stereocenters. The van der Waals surface area contributed by atoms with Crippen molar-refractivity contribution in [2.24, 2.45) is 5.10 Å². The first kappa shape index (κ1) is 18.5. The molecule has 140 valence electrons. The van der Waals surface area contributed by atoms with E-state index < -0.39 is 0 Å². The van der Waals surface area contributed by atoms with E-state index in [1.54, 1.807) is 56.8 Å². The van der Waals surface area contributed by atoms with Crippen LogP contribution in [0.15, 0.2) is 41.5 Å². The topological polar surface area (TPSA) is 93.9 Å². The Morgan fingerprint density at radius 1 is 1.07 bits per heavy atom. The van der Waals surface area contributed by atoms with Gasteiger partial charge in [-0.15, -0.1) is 0 Å². The molecule has 3 aromatic rings. The minimum atomic E-state index is 0.185. The number of aromatic hydroxyl groups is 1. The lowest BCUT2D eigenvalue weighted by Crippen LogP contribution is -1.99. The van der Waals surface area contributed by atoms with Crippen molar-refractivity contribution < 1.29 is 19.3 Å². The lowest BCUT2D eigenvalue weighted by atomic mass is 10.1. The minimum absolute atomic E-state index is 0.185. The molecule has 0 bridgehead atoms. The van der Waals surface area contributed by atoms with Crippen molar-refractivity contribution in [3.63, 3.8) is 0 Å². The van der Waals surface area contributed by atoms with Crippen LogP contribution in [0.2, 0.25) is 0 Å². The number of nitrogens with one attached hydrogen (secondary N) is 1. The summed E-state index contributed by atoms with van der Waals surface area (Å²) in [5.74, 6) is 2.14. The number of phenolic OH excluding ortho intramolecular Hbond substituents is 1. The van der Waals surface area contributed by atoms with Gasteiger partial charge in [0.15, 0.2) is 17.3 Å². The van der Waals surface area contributed by atoms with Crippen molar-refractivity contribution in [3.8, 4) is 34.4 Å². The first-order chi connectivity index (χ1) is 13.1. The van der Waals surface area contributed by atoms with Gasteiger partial charge in [0.05, 0.1) is 27.5 Å². The van der Waals surface area contributed by atoms with Crippen LogP contribution in [0.25, 0.3) is 11.4 Å². The molecule has 1 heterocycles. The Morgan fingerprint density at radius 2 is 1.70 bits per heavy atom. The normalized spacial score (nSPS) is 10.9. The first-order valence-electron chi connectivity index (χ1n) is 7.88. The molecule has 2 aromatic carbocycles. The number of aromatic amines is 1. The molecule has 27 heavy (non-hydrogen) atoms. The molecule has 0 saturated carbocycles. The Balaban J connectivity index is 2.06. The van der Waals surface area contributed by atoms with Crippen LogP contribution in [0.4, 0.5) is 0 Å². The Labute approximate surface area is 160 Å². The quantitative estimate of drug-likeness (QED) is 0.499. The van der Waals surface area contributed by atoms with Crippen LogP contribution < -0.4 is 14.2 Å². The predicted octanol–water partition coefficient (Wildman–Crippen LogP) is 3.22. The predicted molar refractivity (Wildman–Crippen MR) is 104 cm³/mol. The van der Waals surface area contributed by atoms with Gasteiger partial charge in [0.2, 0.25) is 10.5 Å². The summed E-state index contributed by atoms with van der Waals surface area (Å²) in [6.07, 6.45) is 1.62. The van der Waals surface area contributed by atoms with E-state index in [1.165, 1.54) is 11.8 Å². The molecule has 9 heteroatoms. The van der Waals surface area contributed by atoms with E-state index in [0.29, 0.717) is 33.4 Å². The largest absolute Gasteiger partial charge is 0.508 e. The number of benzene rings is 2. The first-order valence-corrected chi connectivity index (χ1v) is 8.29. The maximum atomic E-state index is 9.37. The average Bonchev–Trinajstić information content (AvgIpc) is 3.06. The Bertz CT molecular complexity index is 1000. The molecule has 0 aliphatic rings. The van der Waals surface area contributed by atoms with Crippen molar-refractivity contribution in [2.75, 3.05) is 21.3 Å². The molecule has 0 spiro atoms. The second-order valence-electron chi connectivity index (χ2n) is 5.41. The van der Waals surface area contributed by atoms with Crippen LogP contribution in [0.5, 0.6) is 23.0 Å². The van der Waals surface area contributed by atoms with Crippen LogP contribution in [-0.4, -0.2) is 47.5 Å². The van der Waals surface area contributed by atoms with Crippen LogP contribution in [0, 0.1) is 4.77 Å². The van der Waals surface area contributed by atoms with E-state index in [2.05, 4.69) is 15.3 Å². The highest BCUT2D eigenvalue weighted by Gasteiger charge is 2.17. The minimum Gasteiger partial charge on any atom is -0.508 e. The van der Waals surface area contributed by atoms with Crippen molar-refractivity contribution in [2.45, 2.75) is 0 Å². The monoisotopic (exact) mass is 386 g/mol. The van der Waals surface area contributed by atoms with Gasteiger partial charge in [-0.25, -0.2) is 5.10 Å². The van der Waals surface area contributed by atoms with Gasteiger partial charge in [-0.2, -0.15) is 14.9 Å². The maximum absolute atomic E-state index is 9.37. The maximum Gasteiger partial charge on any atom is 0.216 e. The molecule has 0 saturated heterocycles. The van der Waals surface area contributed by atoms with Gasteiger partial charge in [0.1, 0.15) is 5.75 Å². The zero-order valence-corrected chi connectivity index (χ0v) is 15.8. The lowest BCUT2D eigenvalue weighted by molar-refractivity contribution is 0.324. The van der Waals surface area contributed by atoms with Crippen molar-refractivity contribution in [1.29, 1.82) is 0 Å². The van der Waals surface area contributed by atoms with Gasteiger partial charge < -0.3 is 19.3 Å². The summed E-state index contributed by atoms with van der Waals surface area (Å²) < 4.78 is 17.9. The third kappa shape index (κ3) is 3.77. The van der Waals surface area contributed by atoms with E-state index in [9.17, 15) is 5.11 Å². The second kappa shape index (κ2) is 7.92. The lowest BCUT2D eigenvalue weighted by Gasteiger charge is -2.13. The van der Waals surface area contributed by atoms with Crippen molar-refractivity contribution in [3.05, 3.63) is 46.7 Å². The van der Waals surface area contributed by atoms with Crippen LogP contribution in [-0.2, 0) is 0 Å². The zero-order valence-electron chi connectivity index (χ0n) is 15.0. The van der Waals surface area contributed by atoms with E-state index >= 15 is 0 Å². The van der Waals surface area contributed by atoms with Gasteiger partial charge in [-0.1, -0.05) is 0 Å². The van der Waals surface area contributed by atoms with E-state index in [0.717, 1.165) is 5.56 Å². The molecule has 0 aliphatic carbocycles. The zero-order chi connectivity index (χ0) is 19.4. The van der Waals surface area contributed by atoms with Gasteiger partial charge in [0.25, 0.3) is 0 Å². The second-order valence-corrected chi connectivity index (χ2v) is 5.80. The molecule has 3 rings (SSSR count). The molecule has 0 amide bonds. The number of ether oxygens (including phenoxy) is 3. The highest BCUT2D eigenvalue weighted by Crippen LogP contribution is 2.40. The summed E-state index contributed by atoms with van der Waals surface area (Å²) in [6, 6.07) is 10.2. The molecule has 0 radical (unpaired) electrons. The molecule has 2 N–H and O–H groups in total. The molecule has 0 unspecified atom stereocenters. The SMILES string of the molecule is COc1cc(-c2n[nH]c(=S)n2/N=C\c2ccc(O)cc2)cc(OC)c1OC. The average molecular weight is 386 g/mol. The third-order valence-electron chi connectivity index (χ3n) is 3.79. The number of aromatic nitrogens is 3. The van der Waals surface area contributed by atoms with Crippen LogP contribution >= 0.6 is 12.2 Å². The fourth-order valence-corrected chi connectivity index (χ4v) is 2.66. The van der Waals surface area contributed by atoms with E-state index in [4.69, 9.17) is 26.4 Å². The van der Waals surface area contributed by atoms with E-state index in [1.807, 2.05) is 0 Å². The highest BCUT2D eigenvalue weighted by atomic mass is 32.1. The van der Waals surface area contributed by atoms with E-state index in [-0.39, 0.29) is 5.75 Å². The fourth-order valence-electron chi connectivity index (χ4n) is 2.48. The Hall–Kier alpha value is -3.33. The summed E-state index contributed by atoms with van der Waals surface area (Å²) in [4.78, 5) is 0. The molecule has 1 aromatic heterocycles. The number of methoxy groups -OCH3 is 3. The number of hydrogen-bond donors (Lipinski definition) is 2. The molecule has 0 aliphatic heterocycles. The van der Waals surface area contributed by atoms with Crippen LogP contribution in [0.1, 0.15) is 5.56 Å². The smallest absolute Gasteiger partial charge is 0.216 e. The van der Waals surface area contributed by atoms with Gasteiger partial charge in [0, 0.05) is 5.56 Å². The fraction of sp³-hybridized carbons (Fsp3) is 0.167. The Morgan fingerprint density at radius 3 is 2.26 bits per heavy atom. The summed E-state index contributed by atoms with van der Waals surface area (Å²) >= 11 is 5.28. The number of nitrogens with zero attached hydrogens (tertiary/aromatic N) is 3. The standard InChI is InChI=1S/C18H18N4O4S/c1-24-14-8-12(9-15(25-2)16(14)26-3)17-20-21-18(27)22(17)19-10-11-4-6-13(23)7-5-11/h4-10,23H,1-3H3,(H,21,27)/b19-10-. The summed E-state index contributed by atoms with van der Waals surface area (Å²) in [7, 11) is 4.63. The summed E-state index contributed by atoms with van der Waals surface area (Å²) in [6.45, 7) is 0. The van der Waals surface area contributed by atoms with Crippen LogP contribution in [0.3, 0.4) is 0 Å². The third-order valence-corrected chi connectivity index (χ3v) is 4.05. The summed E-state index contributed by atoms with van der Waals surface area (Å²) in [5, 5.41) is 20.8. The van der Waals surface area contributed by atoms with Gasteiger partial charge >= 0.3 is 0 Å². The molecule has 0 fully saturated rings. The number of hydrogen-bond acceptors (Lipinski definition) is 7. The Kier molecular flexibility index (Phi) is 5.41. The molecular formula is C18H18N4O4S. The highest BCUT2D eigenvalue weighted by molar-refractivity contribution is 7.71.